The number of ether oxygens (including phenoxy) is 2. The van der Waals surface area contributed by atoms with Gasteiger partial charge in [-0.2, -0.15) is 15.1 Å². The van der Waals surface area contributed by atoms with Crippen LogP contribution in [0.15, 0.2) is 76.3 Å². The van der Waals surface area contributed by atoms with Crippen molar-refractivity contribution >= 4 is 50.6 Å². The third-order valence-corrected chi connectivity index (χ3v) is 6.15. The predicted molar refractivity (Wildman–Crippen MR) is 121 cm³/mol. The van der Waals surface area contributed by atoms with Crippen LogP contribution in [0.4, 0.5) is 0 Å². The Balaban J connectivity index is 1.38. The number of thioether (sulfide) groups is 1. The topological polar surface area (TPSA) is 87.3 Å². The van der Waals surface area contributed by atoms with Gasteiger partial charge in [0.1, 0.15) is 5.04 Å². The van der Waals surface area contributed by atoms with Gasteiger partial charge in [0, 0.05) is 5.56 Å². The first kappa shape index (κ1) is 17.9. The number of aliphatic imine (C=N–C) groups is 1. The molecule has 1 amide bonds. The van der Waals surface area contributed by atoms with Crippen molar-refractivity contribution in [3.05, 3.63) is 77.4 Å². The van der Waals surface area contributed by atoms with Crippen LogP contribution in [0.25, 0.3) is 16.8 Å². The van der Waals surface area contributed by atoms with Gasteiger partial charge in [-0.15, -0.1) is 0 Å². The molecule has 3 aliphatic heterocycles. The highest BCUT2D eigenvalue weighted by atomic mass is 32.2. The Bertz CT molecular complexity index is 1390. The van der Waals surface area contributed by atoms with E-state index < -0.39 is 5.91 Å². The van der Waals surface area contributed by atoms with Crippen LogP contribution in [-0.4, -0.2) is 33.8 Å². The van der Waals surface area contributed by atoms with E-state index in [1.807, 2.05) is 60.7 Å². The number of hydrazone groups is 1. The molecule has 3 heterocycles. The van der Waals surface area contributed by atoms with E-state index in [0.717, 1.165) is 21.9 Å². The van der Waals surface area contributed by atoms with Gasteiger partial charge in [-0.05, 0) is 52.4 Å². The van der Waals surface area contributed by atoms with Crippen molar-refractivity contribution in [1.29, 1.82) is 5.41 Å². The van der Waals surface area contributed by atoms with E-state index in [0.29, 0.717) is 21.7 Å². The molecule has 3 aromatic rings. The fourth-order valence-corrected chi connectivity index (χ4v) is 4.56. The Labute approximate surface area is 181 Å². The molecule has 8 heteroatoms. The van der Waals surface area contributed by atoms with E-state index in [9.17, 15) is 4.79 Å². The van der Waals surface area contributed by atoms with Crippen molar-refractivity contribution in [2.45, 2.75) is 0 Å². The summed E-state index contributed by atoms with van der Waals surface area (Å²) in [6, 6.07) is 19.3. The fraction of sp³-hybridized carbons (Fsp3) is 0.0435. The summed E-state index contributed by atoms with van der Waals surface area (Å²) < 4.78 is 10.8. The molecular formula is C23H14N4O3S. The number of amides is 1. The van der Waals surface area contributed by atoms with Crippen molar-refractivity contribution < 1.29 is 14.3 Å². The lowest BCUT2D eigenvalue weighted by atomic mass is 10.0. The first-order valence-electron chi connectivity index (χ1n) is 9.55. The molecule has 0 atom stereocenters. The van der Waals surface area contributed by atoms with Crippen LogP contribution in [0.5, 0.6) is 11.5 Å². The smallest absolute Gasteiger partial charge is 0.283 e. The van der Waals surface area contributed by atoms with E-state index in [2.05, 4.69) is 10.1 Å². The molecule has 7 nitrogen and oxygen atoms in total. The average Bonchev–Trinajstić information content (AvgIpc) is 3.43. The van der Waals surface area contributed by atoms with Crippen LogP contribution in [0, 0.1) is 5.41 Å². The van der Waals surface area contributed by atoms with E-state index in [4.69, 9.17) is 14.9 Å². The Hall–Kier alpha value is -3.91. The highest BCUT2D eigenvalue weighted by molar-refractivity contribution is 8.27. The summed E-state index contributed by atoms with van der Waals surface area (Å²) in [6.45, 7) is 0.193. The van der Waals surface area contributed by atoms with Crippen molar-refractivity contribution in [1.82, 2.24) is 5.01 Å². The predicted octanol–water partition coefficient (Wildman–Crippen LogP) is 4.24. The number of carbonyl (C=O) groups excluding carboxylic acids is 1. The van der Waals surface area contributed by atoms with Crippen molar-refractivity contribution in [2.75, 3.05) is 6.79 Å². The lowest BCUT2D eigenvalue weighted by molar-refractivity contribution is -0.114. The summed E-state index contributed by atoms with van der Waals surface area (Å²) in [4.78, 5) is 16.9. The Morgan fingerprint density at radius 1 is 1.03 bits per heavy atom. The zero-order chi connectivity index (χ0) is 20.9. The highest BCUT2D eigenvalue weighted by Gasteiger charge is 2.36. The lowest BCUT2D eigenvalue weighted by Gasteiger charge is -2.20. The van der Waals surface area contributed by atoms with Crippen LogP contribution < -0.4 is 9.47 Å². The van der Waals surface area contributed by atoms with E-state index >= 15 is 0 Å². The number of rotatable bonds is 2. The molecule has 150 valence electrons. The van der Waals surface area contributed by atoms with Gasteiger partial charge in [0.15, 0.2) is 17.3 Å². The Morgan fingerprint density at radius 2 is 1.87 bits per heavy atom. The zero-order valence-electron chi connectivity index (χ0n) is 16.0. The number of carbonyl (C=O) groups is 1. The number of nitrogens with zero attached hydrogens (tertiary/aromatic N) is 3. The second-order valence-electron chi connectivity index (χ2n) is 7.06. The van der Waals surface area contributed by atoms with Crippen molar-refractivity contribution in [3.63, 3.8) is 0 Å². The molecule has 0 aliphatic carbocycles. The summed E-state index contributed by atoms with van der Waals surface area (Å²) in [5.74, 6) is 0.894. The average molecular weight is 426 g/mol. The number of amidine groups is 2. The lowest BCUT2D eigenvalue weighted by Crippen LogP contribution is -2.35. The fourth-order valence-electron chi connectivity index (χ4n) is 3.67. The van der Waals surface area contributed by atoms with Crippen LogP contribution in [0.2, 0.25) is 0 Å². The highest BCUT2D eigenvalue weighted by Crippen LogP contribution is 2.36. The van der Waals surface area contributed by atoms with Gasteiger partial charge in [-0.25, -0.2) is 0 Å². The van der Waals surface area contributed by atoms with Gasteiger partial charge < -0.3 is 9.47 Å². The second-order valence-corrected chi connectivity index (χ2v) is 8.02. The van der Waals surface area contributed by atoms with Crippen molar-refractivity contribution in [3.8, 4) is 11.5 Å². The molecule has 0 saturated carbocycles. The molecule has 0 spiro atoms. The Kier molecular flexibility index (Phi) is 3.94. The summed E-state index contributed by atoms with van der Waals surface area (Å²) in [7, 11) is 0. The van der Waals surface area contributed by atoms with Crippen LogP contribution >= 0.6 is 11.8 Å². The molecule has 0 unspecified atom stereocenters. The normalized spacial score (nSPS) is 18.5. The molecular weight excluding hydrogens is 412 g/mol. The molecule has 0 radical (unpaired) electrons. The third kappa shape index (κ3) is 2.91. The van der Waals surface area contributed by atoms with Crippen molar-refractivity contribution in [2.24, 2.45) is 10.1 Å². The van der Waals surface area contributed by atoms with E-state index in [1.54, 1.807) is 6.08 Å². The molecule has 6 rings (SSSR count). The summed E-state index contributed by atoms with van der Waals surface area (Å²) in [6.07, 6.45) is 1.71. The molecule has 0 aromatic heterocycles. The monoisotopic (exact) mass is 426 g/mol. The van der Waals surface area contributed by atoms with E-state index in [-0.39, 0.29) is 18.2 Å². The largest absolute Gasteiger partial charge is 0.454 e. The van der Waals surface area contributed by atoms with Crippen LogP contribution in [0.1, 0.15) is 11.1 Å². The number of hydrogen-bond donors (Lipinski definition) is 1. The first-order chi connectivity index (χ1) is 15.2. The number of fused-ring (bicyclic) bond motifs is 3. The van der Waals surface area contributed by atoms with Gasteiger partial charge in [-0.1, -0.05) is 42.5 Å². The Morgan fingerprint density at radius 3 is 2.81 bits per heavy atom. The number of hydrogen-bond acceptors (Lipinski definition) is 6. The number of nitrogens with one attached hydrogen (secondary N) is 1. The third-order valence-electron chi connectivity index (χ3n) is 5.20. The summed E-state index contributed by atoms with van der Waals surface area (Å²) in [5.41, 5.74) is 1.87. The molecule has 1 N–H and O–H groups in total. The van der Waals surface area contributed by atoms with Gasteiger partial charge in [-0.3, -0.25) is 10.2 Å². The summed E-state index contributed by atoms with van der Waals surface area (Å²) >= 11 is 1.25. The second kappa shape index (κ2) is 6.82. The maximum Gasteiger partial charge on any atom is 0.283 e. The van der Waals surface area contributed by atoms with Gasteiger partial charge in [0.25, 0.3) is 5.91 Å². The van der Waals surface area contributed by atoms with Gasteiger partial charge in [0.05, 0.1) is 5.57 Å². The summed E-state index contributed by atoms with van der Waals surface area (Å²) in [5, 5.41) is 17.7. The van der Waals surface area contributed by atoms with Gasteiger partial charge in [0.2, 0.25) is 12.0 Å². The van der Waals surface area contributed by atoms with E-state index in [1.165, 1.54) is 16.8 Å². The maximum atomic E-state index is 12.8. The zero-order valence-corrected chi connectivity index (χ0v) is 16.8. The molecule has 31 heavy (non-hydrogen) atoms. The first-order valence-corrected chi connectivity index (χ1v) is 10.4. The SMILES string of the molecule is N=C1/C(=C/c2cccc3ccccc23)C(=O)N=C2SC(c3ccc4c(c3)OCO4)=NN12. The molecule has 0 saturated heterocycles. The van der Waals surface area contributed by atoms with Crippen LogP contribution in [-0.2, 0) is 4.79 Å². The maximum absolute atomic E-state index is 12.8. The van der Waals surface area contributed by atoms with Gasteiger partial charge >= 0.3 is 0 Å². The minimum absolute atomic E-state index is 0.00572. The molecule has 0 bridgehead atoms. The molecule has 3 aromatic carbocycles. The van der Waals surface area contributed by atoms with Crippen LogP contribution in [0.3, 0.4) is 0 Å². The molecule has 0 fully saturated rings. The molecule has 3 aliphatic rings. The minimum Gasteiger partial charge on any atom is -0.454 e. The number of benzene rings is 3. The standard InChI is InChI=1S/C23H14N4O3S/c24-20-17(10-14-6-3-5-13-4-1-2-7-16(13)14)21(28)25-23-27(20)26-22(31-23)15-8-9-18-19(11-15)30-12-29-18/h1-11,24H,12H2/b17-10-,24-20?. The quantitative estimate of drug-likeness (QED) is 0.620. The minimum atomic E-state index is -0.446.